The third kappa shape index (κ3) is 4.12. The van der Waals surface area contributed by atoms with Crippen LogP contribution in [-0.2, 0) is 9.53 Å². The molecular weight excluding hydrogens is 361 g/mol. The zero-order chi connectivity index (χ0) is 19.3. The Morgan fingerprint density at radius 1 is 1.39 bits per heavy atom. The quantitative estimate of drug-likeness (QED) is 0.656. The van der Waals surface area contributed by atoms with Crippen LogP contribution in [0.3, 0.4) is 0 Å². The Kier molecular flexibility index (Phi) is 5.48. The molecule has 146 valence electrons. The number of rotatable bonds is 7. The predicted octanol–water partition coefficient (Wildman–Crippen LogP) is 2.63. The first-order valence-electron chi connectivity index (χ1n) is 9.41. The first-order chi connectivity index (χ1) is 13.7. The van der Waals surface area contributed by atoms with Crippen molar-refractivity contribution in [2.24, 2.45) is 0 Å². The van der Waals surface area contributed by atoms with E-state index in [1.165, 1.54) is 12.1 Å². The van der Waals surface area contributed by atoms with Gasteiger partial charge in [-0.05, 0) is 25.0 Å². The standard InChI is InChI=1S/C20H22FN5O2/c21-15-4-1-3-14(11-15)19-20(26-9-8-22-13-17(26)25-19)23-7-6-18(27)24-12-16-5-2-10-28-16/h1,3-4,8-9,11,13,16,23H,2,5-7,10,12H2,(H,24,27)/t16-/m0/s1. The highest BCUT2D eigenvalue weighted by Crippen LogP contribution is 2.28. The Balaban J connectivity index is 1.45. The van der Waals surface area contributed by atoms with E-state index >= 15 is 0 Å². The number of carbonyl (C=O) groups is 1. The number of nitrogens with zero attached hydrogens (tertiary/aromatic N) is 3. The summed E-state index contributed by atoms with van der Waals surface area (Å²) in [6.45, 7) is 1.75. The van der Waals surface area contributed by atoms with Crippen molar-refractivity contribution in [2.75, 3.05) is 25.0 Å². The van der Waals surface area contributed by atoms with Gasteiger partial charge >= 0.3 is 0 Å². The lowest BCUT2D eigenvalue weighted by Crippen LogP contribution is -2.32. The summed E-state index contributed by atoms with van der Waals surface area (Å²) in [6.07, 6.45) is 7.56. The number of imidazole rings is 1. The number of halogens is 1. The Bertz CT molecular complexity index is 968. The fourth-order valence-corrected chi connectivity index (χ4v) is 3.33. The first kappa shape index (κ1) is 18.4. The van der Waals surface area contributed by atoms with Gasteiger partial charge in [0, 0.05) is 44.1 Å². The van der Waals surface area contributed by atoms with Gasteiger partial charge in [0.05, 0.1) is 12.3 Å². The SMILES string of the molecule is O=C(CCNc1c(-c2cccc(F)c2)nc2cnccn12)NC[C@@H]1CCCO1. The number of nitrogens with one attached hydrogen (secondary N) is 2. The minimum Gasteiger partial charge on any atom is -0.376 e. The van der Waals surface area contributed by atoms with Gasteiger partial charge in [-0.2, -0.15) is 0 Å². The van der Waals surface area contributed by atoms with Crippen LogP contribution in [0.4, 0.5) is 10.2 Å². The number of aromatic nitrogens is 3. The Hall–Kier alpha value is -3.00. The Morgan fingerprint density at radius 2 is 2.32 bits per heavy atom. The number of hydrogen-bond acceptors (Lipinski definition) is 5. The highest BCUT2D eigenvalue weighted by Gasteiger charge is 2.17. The molecule has 0 bridgehead atoms. The fraction of sp³-hybridized carbons (Fsp3) is 0.350. The Labute approximate surface area is 161 Å². The molecule has 3 heterocycles. The maximum Gasteiger partial charge on any atom is 0.221 e. The summed E-state index contributed by atoms with van der Waals surface area (Å²) < 4.78 is 21.0. The van der Waals surface area contributed by atoms with E-state index < -0.39 is 0 Å². The number of anilines is 1. The molecule has 8 heteroatoms. The van der Waals surface area contributed by atoms with Crippen LogP contribution in [0.15, 0.2) is 42.9 Å². The molecule has 1 fully saturated rings. The number of fused-ring (bicyclic) bond motifs is 1. The molecule has 28 heavy (non-hydrogen) atoms. The van der Waals surface area contributed by atoms with Gasteiger partial charge in [0.1, 0.15) is 17.3 Å². The van der Waals surface area contributed by atoms with Crippen LogP contribution in [-0.4, -0.2) is 46.1 Å². The van der Waals surface area contributed by atoms with Crippen LogP contribution in [0.1, 0.15) is 19.3 Å². The summed E-state index contributed by atoms with van der Waals surface area (Å²) in [5.41, 5.74) is 1.92. The molecule has 2 aromatic heterocycles. The largest absolute Gasteiger partial charge is 0.376 e. The van der Waals surface area contributed by atoms with Gasteiger partial charge < -0.3 is 15.4 Å². The van der Waals surface area contributed by atoms with E-state index in [0.29, 0.717) is 42.2 Å². The molecule has 4 rings (SSSR count). The lowest BCUT2D eigenvalue weighted by atomic mass is 10.1. The smallest absolute Gasteiger partial charge is 0.221 e. The molecule has 7 nitrogen and oxygen atoms in total. The van der Waals surface area contributed by atoms with Gasteiger partial charge in [-0.25, -0.2) is 9.37 Å². The van der Waals surface area contributed by atoms with E-state index in [4.69, 9.17) is 4.74 Å². The molecule has 1 aromatic carbocycles. The van der Waals surface area contributed by atoms with Gasteiger partial charge in [0.25, 0.3) is 0 Å². The predicted molar refractivity (Wildman–Crippen MR) is 103 cm³/mol. The molecule has 2 N–H and O–H groups in total. The molecule has 1 saturated heterocycles. The fourth-order valence-electron chi connectivity index (χ4n) is 3.33. The number of hydrogen-bond donors (Lipinski definition) is 2. The van der Waals surface area contributed by atoms with Gasteiger partial charge in [0.15, 0.2) is 5.65 Å². The van der Waals surface area contributed by atoms with Gasteiger partial charge in [0.2, 0.25) is 5.91 Å². The lowest BCUT2D eigenvalue weighted by Gasteiger charge is -2.12. The van der Waals surface area contributed by atoms with Gasteiger partial charge in [-0.1, -0.05) is 12.1 Å². The molecule has 1 atom stereocenters. The first-order valence-corrected chi connectivity index (χ1v) is 9.41. The zero-order valence-corrected chi connectivity index (χ0v) is 15.4. The number of amides is 1. The van der Waals surface area contributed by atoms with Crippen LogP contribution in [0.25, 0.3) is 16.9 Å². The van der Waals surface area contributed by atoms with Crippen molar-refractivity contribution in [3.63, 3.8) is 0 Å². The molecule has 0 saturated carbocycles. The van der Waals surface area contributed by atoms with Crippen LogP contribution < -0.4 is 10.6 Å². The van der Waals surface area contributed by atoms with E-state index in [1.807, 2.05) is 4.40 Å². The summed E-state index contributed by atoms with van der Waals surface area (Å²) in [5, 5.41) is 6.18. The van der Waals surface area contributed by atoms with Crippen LogP contribution in [0.5, 0.6) is 0 Å². The molecule has 0 spiro atoms. The normalized spacial score (nSPS) is 16.4. The van der Waals surface area contributed by atoms with E-state index in [2.05, 4.69) is 20.6 Å². The maximum absolute atomic E-state index is 13.7. The summed E-state index contributed by atoms with van der Waals surface area (Å²) in [4.78, 5) is 20.8. The Morgan fingerprint density at radius 3 is 3.14 bits per heavy atom. The third-order valence-electron chi connectivity index (χ3n) is 4.72. The molecule has 0 unspecified atom stereocenters. The number of carbonyl (C=O) groups excluding carboxylic acids is 1. The molecule has 1 aliphatic rings. The van der Waals surface area contributed by atoms with E-state index in [0.717, 1.165) is 19.4 Å². The molecule has 1 aliphatic heterocycles. The zero-order valence-electron chi connectivity index (χ0n) is 15.4. The minimum atomic E-state index is -0.327. The maximum atomic E-state index is 13.7. The van der Waals surface area contributed by atoms with Crippen molar-refractivity contribution in [3.05, 3.63) is 48.7 Å². The summed E-state index contributed by atoms with van der Waals surface area (Å²) >= 11 is 0. The van der Waals surface area contributed by atoms with Crippen LogP contribution in [0, 0.1) is 5.82 Å². The molecule has 1 amide bonds. The highest BCUT2D eigenvalue weighted by molar-refractivity contribution is 5.78. The van der Waals surface area contributed by atoms with Crippen molar-refractivity contribution in [1.29, 1.82) is 0 Å². The third-order valence-corrected chi connectivity index (χ3v) is 4.72. The lowest BCUT2D eigenvalue weighted by molar-refractivity contribution is -0.121. The van der Waals surface area contributed by atoms with E-state index in [9.17, 15) is 9.18 Å². The molecule has 3 aromatic rings. The molecule has 0 aliphatic carbocycles. The van der Waals surface area contributed by atoms with E-state index in [1.54, 1.807) is 30.7 Å². The summed E-state index contributed by atoms with van der Waals surface area (Å²) in [5.74, 6) is 0.341. The molecular formula is C20H22FN5O2. The topological polar surface area (TPSA) is 80.6 Å². The monoisotopic (exact) mass is 383 g/mol. The van der Waals surface area contributed by atoms with E-state index in [-0.39, 0.29) is 17.8 Å². The second-order valence-electron chi connectivity index (χ2n) is 6.74. The number of benzene rings is 1. The van der Waals surface area contributed by atoms with Gasteiger partial charge in [-0.15, -0.1) is 0 Å². The average molecular weight is 383 g/mol. The van der Waals surface area contributed by atoms with Crippen molar-refractivity contribution in [1.82, 2.24) is 19.7 Å². The van der Waals surface area contributed by atoms with Gasteiger partial charge in [-0.3, -0.25) is 14.2 Å². The number of ether oxygens (including phenoxy) is 1. The van der Waals surface area contributed by atoms with Crippen molar-refractivity contribution in [2.45, 2.75) is 25.4 Å². The summed E-state index contributed by atoms with van der Waals surface area (Å²) in [7, 11) is 0. The minimum absolute atomic E-state index is 0.0363. The second-order valence-corrected chi connectivity index (χ2v) is 6.74. The van der Waals surface area contributed by atoms with Crippen LogP contribution >= 0.6 is 0 Å². The average Bonchev–Trinajstić information content (AvgIpc) is 3.34. The molecule has 0 radical (unpaired) electrons. The second kappa shape index (κ2) is 8.35. The van der Waals surface area contributed by atoms with Crippen molar-refractivity contribution < 1.29 is 13.9 Å². The highest BCUT2D eigenvalue weighted by atomic mass is 19.1. The summed E-state index contributed by atoms with van der Waals surface area (Å²) in [6, 6.07) is 6.29. The van der Waals surface area contributed by atoms with Crippen molar-refractivity contribution >= 4 is 17.4 Å². The van der Waals surface area contributed by atoms with Crippen molar-refractivity contribution in [3.8, 4) is 11.3 Å². The van der Waals surface area contributed by atoms with Crippen LogP contribution in [0.2, 0.25) is 0 Å².